The summed E-state index contributed by atoms with van der Waals surface area (Å²) < 4.78 is 0.723. The smallest absolute Gasteiger partial charge is 0.152 e. The van der Waals surface area contributed by atoms with E-state index < -0.39 is 5.92 Å². The Kier molecular flexibility index (Phi) is 4.42. The number of nitrogens with zero attached hydrogens (tertiary/aromatic N) is 4. The molecule has 2 unspecified atom stereocenters. The largest absolute Gasteiger partial charge is 0.313 e. The number of aromatic amines is 1. The van der Waals surface area contributed by atoms with Gasteiger partial charge >= 0.3 is 0 Å². The zero-order chi connectivity index (χ0) is 18.1. The molecule has 2 aliphatic rings. The number of fused-ring (bicyclic) bond motifs is 1. The highest BCUT2D eigenvalue weighted by molar-refractivity contribution is 9.10. The number of H-pyrrole nitrogens is 1. The predicted molar refractivity (Wildman–Crippen MR) is 101 cm³/mol. The van der Waals surface area contributed by atoms with E-state index in [0.717, 1.165) is 46.4 Å². The van der Waals surface area contributed by atoms with E-state index in [9.17, 15) is 10.5 Å². The molecular formula is C19H15BrN6. The maximum absolute atomic E-state index is 10.0. The molecule has 1 aromatic heterocycles. The molecule has 2 aliphatic heterocycles. The van der Waals surface area contributed by atoms with Crippen LogP contribution in [0.2, 0.25) is 0 Å². The van der Waals surface area contributed by atoms with Gasteiger partial charge < -0.3 is 5.32 Å². The van der Waals surface area contributed by atoms with Crippen LogP contribution in [-0.4, -0.2) is 29.0 Å². The van der Waals surface area contributed by atoms with Gasteiger partial charge in [0.05, 0.1) is 29.5 Å². The van der Waals surface area contributed by atoms with Gasteiger partial charge in [0, 0.05) is 22.5 Å². The molecule has 2 aromatic rings. The first-order chi connectivity index (χ1) is 12.7. The summed E-state index contributed by atoms with van der Waals surface area (Å²) in [5.41, 5.74) is 4.23. The standard InChI is InChI=1S/C19H15BrN6/c20-17-12(8-21)2-1-3-13(17)16-14(9-22)18(11-4-6-23-7-5-11)25-19-15(16)10-24-26-19/h1-4,10,14,16,23H,5-7H2,(H,24,26). The van der Waals surface area contributed by atoms with Crippen LogP contribution in [0.4, 0.5) is 5.82 Å². The van der Waals surface area contributed by atoms with E-state index in [0.29, 0.717) is 11.4 Å². The molecule has 26 heavy (non-hydrogen) atoms. The van der Waals surface area contributed by atoms with Crippen LogP contribution in [0.3, 0.4) is 0 Å². The summed E-state index contributed by atoms with van der Waals surface area (Å²) in [5.74, 6) is 0.0135. The lowest BCUT2D eigenvalue weighted by Gasteiger charge is -2.30. The lowest BCUT2D eigenvalue weighted by atomic mass is 9.75. The zero-order valence-corrected chi connectivity index (χ0v) is 15.4. The Morgan fingerprint density at radius 1 is 1.23 bits per heavy atom. The summed E-state index contributed by atoms with van der Waals surface area (Å²) in [4.78, 5) is 4.73. The SMILES string of the molecule is N#Cc1cccc(C2c3cn[nH]c3N=C(C3=CCNCC3)C2C#N)c1Br. The van der Waals surface area contributed by atoms with E-state index in [1.807, 2.05) is 12.1 Å². The zero-order valence-electron chi connectivity index (χ0n) is 13.8. The fourth-order valence-corrected chi connectivity index (χ4v) is 4.22. The molecule has 2 N–H and O–H groups in total. The van der Waals surface area contributed by atoms with Crippen molar-refractivity contribution in [3.05, 3.63) is 57.2 Å². The molecule has 0 bridgehead atoms. The molecule has 4 rings (SSSR count). The Morgan fingerprint density at radius 2 is 2.12 bits per heavy atom. The van der Waals surface area contributed by atoms with Gasteiger partial charge in [-0.1, -0.05) is 18.2 Å². The van der Waals surface area contributed by atoms with Crippen LogP contribution in [-0.2, 0) is 0 Å². The van der Waals surface area contributed by atoms with Crippen molar-refractivity contribution in [2.75, 3.05) is 13.1 Å². The van der Waals surface area contributed by atoms with Crippen molar-refractivity contribution in [1.29, 1.82) is 10.5 Å². The molecule has 7 heteroatoms. The highest BCUT2D eigenvalue weighted by atomic mass is 79.9. The third kappa shape index (κ3) is 2.66. The van der Waals surface area contributed by atoms with Gasteiger partial charge in [-0.15, -0.1) is 0 Å². The first-order valence-electron chi connectivity index (χ1n) is 8.34. The Balaban J connectivity index is 1.90. The Bertz CT molecular complexity index is 1000. The normalized spacial score (nSPS) is 21.8. The van der Waals surface area contributed by atoms with Crippen LogP contribution in [0, 0.1) is 28.6 Å². The lowest BCUT2D eigenvalue weighted by Crippen LogP contribution is -2.31. The molecular weight excluding hydrogens is 392 g/mol. The average Bonchev–Trinajstić information content (AvgIpc) is 3.16. The number of nitriles is 2. The second-order valence-corrected chi connectivity index (χ2v) is 7.05. The van der Waals surface area contributed by atoms with Crippen LogP contribution in [0.5, 0.6) is 0 Å². The van der Waals surface area contributed by atoms with E-state index in [4.69, 9.17) is 4.99 Å². The van der Waals surface area contributed by atoms with E-state index in [-0.39, 0.29) is 5.92 Å². The van der Waals surface area contributed by atoms with Crippen LogP contribution in [0.15, 0.2) is 45.5 Å². The number of hydrogen-bond acceptors (Lipinski definition) is 5. The first kappa shape index (κ1) is 16.7. The minimum atomic E-state index is -0.435. The van der Waals surface area contributed by atoms with Crippen LogP contribution >= 0.6 is 15.9 Å². The number of benzene rings is 1. The van der Waals surface area contributed by atoms with Crippen molar-refractivity contribution in [2.24, 2.45) is 10.9 Å². The minimum Gasteiger partial charge on any atom is -0.313 e. The van der Waals surface area contributed by atoms with Crippen molar-refractivity contribution in [2.45, 2.75) is 12.3 Å². The van der Waals surface area contributed by atoms with Crippen molar-refractivity contribution in [1.82, 2.24) is 15.5 Å². The number of hydrogen-bond donors (Lipinski definition) is 2. The van der Waals surface area contributed by atoms with Crippen molar-refractivity contribution in [3.8, 4) is 12.1 Å². The molecule has 0 amide bonds. The molecule has 0 radical (unpaired) electrons. The molecule has 1 aromatic carbocycles. The number of nitrogens with one attached hydrogen (secondary N) is 2. The minimum absolute atomic E-state index is 0.236. The van der Waals surface area contributed by atoms with Crippen LogP contribution < -0.4 is 5.32 Å². The molecule has 0 fully saturated rings. The van der Waals surface area contributed by atoms with E-state index >= 15 is 0 Å². The van der Waals surface area contributed by atoms with Gasteiger partial charge in [0.2, 0.25) is 0 Å². The van der Waals surface area contributed by atoms with E-state index in [1.54, 1.807) is 12.3 Å². The van der Waals surface area contributed by atoms with Gasteiger partial charge in [0.15, 0.2) is 5.82 Å². The number of rotatable bonds is 2. The monoisotopic (exact) mass is 406 g/mol. The lowest BCUT2D eigenvalue weighted by molar-refractivity contribution is 0.686. The van der Waals surface area contributed by atoms with E-state index in [2.05, 4.69) is 49.7 Å². The van der Waals surface area contributed by atoms with Gasteiger partial charge in [-0.05, 0) is 46.1 Å². The highest BCUT2D eigenvalue weighted by Gasteiger charge is 2.38. The Hall–Kier alpha value is -2.74. The van der Waals surface area contributed by atoms with Gasteiger partial charge in [0.1, 0.15) is 6.07 Å². The topological polar surface area (TPSA) is 101 Å². The second kappa shape index (κ2) is 6.87. The van der Waals surface area contributed by atoms with Crippen molar-refractivity contribution in [3.63, 3.8) is 0 Å². The summed E-state index contributed by atoms with van der Waals surface area (Å²) in [6.45, 7) is 1.65. The summed E-state index contributed by atoms with van der Waals surface area (Å²) in [7, 11) is 0. The fraction of sp³-hybridized carbons (Fsp3) is 0.263. The maximum atomic E-state index is 10.0. The third-order valence-corrected chi connectivity index (χ3v) is 5.74. The third-order valence-electron chi connectivity index (χ3n) is 4.86. The fourth-order valence-electron chi connectivity index (χ4n) is 3.62. The quantitative estimate of drug-likeness (QED) is 0.798. The molecule has 0 saturated heterocycles. The predicted octanol–water partition coefficient (Wildman–Crippen LogP) is 3.32. The molecule has 0 spiro atoms. The summed E-state index contributed by atoms with van der Waals surface area (Å²) in [6, 6.07) is 10.2. The average molecular weight is 407 g/mol. The van der Waals surface area contributed by atoms with Gasteiger partial charge in [-0.25, -0.2) is 4.99 Å². The van der Waals surface area contributed by atoms with Crippen molar-refractivity contribution < 1.29 is 0 Å². The highest BCUT2D eigenvalue weighted by Crippen LogP contribution is 2.45. The van der Waals surface area contributed by atoms with Crippen molar-refractivity contribution >= 4 is 27.5 Å². The molecule has 0 saturated carbocycles. The molecule has 128 valence electrons. The first-order valence-corrected chi connectivity index (χ1v) is 9.14. The van der Waals surface area contributed by atoms with Crippen LogP contribution in [0.25, 0.3) is 0 Å². The number of halogens is 1. The number of aliphatic imine (C=N–C) groups is 1. The van der Waals surface area contributed by atoms with Crippen LogP contribution in [0.1, 0.15) is 29.0 Å². The Labute approximate surface area is 159 Å². The molecule has 0 aliphatic carbocycles. The molecule has 2 atom stereocenters. The summed E-state index contributed by atoms with van der Waals surface area (Å²) >= 11 is 3.56. The summed E-state index contributed by atoms with van der Waals surface area (Å²) in [5, 5.41) is 29.8. The molecule has 6 nitrogen and oxygen atoms in total. The maximum Gasteiger partial charge on any atom is 0.152 e. The van der Waals surface area contributed by atoms with Gasteiger partial charge in [0.25, 0.3) is 0 Å². The second-order valence-electron chi connectivity index (χ2n) is 6.26. The van der Waals surface area contributed by atoms with Gasteiger partial charge in [-0.2, -0.15) is 15.6 Å². The van der Waals surface area contributed by atoms with Gasteiger partial charge in [-0.3, -0.25) is 5.10 Å². The summed E-state index contributed by atoms with van der Waals surface area (Å²) in [6.07, 6.45) is 4.67. The Morgan fingerprint density at radius 3 is 2.85 bits per heavy atom. The molecule has 3 heterocycles. The number of aromatic nitrogens is 2. The van der Waals surface area contributed by atoms with E-state index in [1.165, 1.54) is 0 Å².